The van der Waals surface area contributed by atoms with Gasteiger partial charge in [-0.25, -0.2) is 4.79 Å². The molecule has 0 aliphatic carbocycles. The Hall–Kier alpha value is -3.22. The third-order valence-corrected chi connectivity index (χ3v) is 3.35. The second-order valence-electron chi connectivity index (χ2n) is 5.06. The van der Waals surface area contributed by atoms with Crippen LogP contribution in [-0.2, 0) is 17.8 Å². The SMILES string of the molecule is O=CNCc1ccnc(C(=O)NCCc2ccc(C(=O)O)cc2)c1. The molecule has 1 aromatic heterocycles. The van der Waals surface area contributed by atoms with Crippen LogP contribution in [0, 0.1) is 0 Å². The van der Waals surface area contributed by atoms with E-state index in [2.05, 4.69) is 15.6 Å². The van der Waals surface area contributed by atoms with Gasteiger partial charge >= 0.3 is 5.97 Å². The van der Waals surface area contributed by atoms with Crippen LogP contribution >= 0.6 is 0 Å². The molecule has 0 fully saturated rings. The van der Waals surface area contributed by atoms with Gasteiger partial charge in [0.2, 0.25) is 6.41 Å². The van der Waals surface area contributed by atoms with E-state index in [-0.39, 0.29) is 17.2 Å². The number of rotatable bonds is 8. The summed E-state index contributed by atoms with van der Waals surface area (Å²) in [5, 5.41) is 14.1. The van der Waals surface area contributed by atoms with Crippen molar-refractivity contribution in [1.82, 2.24) is 15.6 Å². The lowest BCUT2D eigenvalue weighted by Gasteiger charge is -2.07. The second-order valence-corrected chi connectivity index (χ2v) is 5.06. The number of benzene rings is 1. The highest BCUT2D eigenvalue weighted by Gasteiger charge is 2.08. The van der Waals surface area contributed by atoms with Gasteiger partial charge < -0.3 is 15.7 Å². The quantitative estimate of drug-likeness (QED) is 0.627. The van der Waals surface area contributed by atoms with Crippen LogP contribution in [0.25, 0.3) is 0 Å². The number of carboxylic acid groups (broad SMARTS) is 1. The van der Waals surface area contributed by atoms with E-state index in [1.54, 1.807) is 24.3 Å². The highest BCUT2D eigenvalue weighted by molar-refractivity contribution is 5.92. The number of carbonyl (C=O) groups is 3. The fraction of sp³-hybridized carbons (Fsp3) is 0.176. The van der Waals surface area contributed by atoms with Crippen molar-refractivity contribution in [2.45, 2.75) is 13.0 Å². The van der Waals surface area contributed by atoms with Gasteiger partial charge in [0, 0.05) is 19.3 Å². The van der Waals surface area contributed by atoms with Crippen LogP contribution in [0.5, 0.6) is 0 Å². The zero-order chi connectivity index (χ0) is 17.4. The number of nitrogens with zero attached hydrogens (tertiary/aromatic N) is 1. The van der Waals surface area contributed by atoms with Crippen LogP contribution in [-0.4, -0.2) is 34.9 Å². The zero-order valence-corrected chi connectivity index (χ0v) is 12.9. The van der Waals surface area contributed by atoms with E-state index in [9.17, 15) is 14.4 Å². The van der Waals surface area contributed by atoms with Gasteiger partial charge in [-0.2, -0.15) is 0 Å². The molecule has 2 aromatic rings. The van der Waals surface area contributed by atoms with Crippen LogP contribution in [0.3, 0.4) is 0 Å². The number of aromatic nitrogens is 1. The molecule has 124 valence electrons. The van der Waals surface area contributed by atoms with Crippen LogP contribution in [0.2, 0.25) is 0 Å². The molecule has 0 unspecified atom stereocenters. The van der Waals surface area contributed by atoms with Crippen LogP contribution in [0.1, 0.15) is 32.0 Å². The van der Waals surface area contributed by atoms with Gasteiger partial charge in [-0.3, -0.25) is 14.6 Å². The molecule has 3 N–H and O–H groups in total. The highest BCUT2D eigenvalue weighted by atomic mass is 16.4. The molecule has 2 amide bonds. The van der Waals surface area contributed by atoms with Crippen molar-refractivity contribution in [2.24, 2.45) is 0 Å². The zero-order valence-electron chi connectivity index (χ0n) is 12.9. The monoisotopic (exact) mass is 327 g/mol. The van der Waals surface area contributed by atoms with Crippen LogP contribution < -0.4 is 10.6 Å². The standard InChI is InChI=1S/C17H17N3O4/c21-11-18-10-13-6-7-19-15(9-13)16(22)20-8-5-12-1-3-14(4-2-12)17(23)24/h1-4,6-7,9,11H,5,8,10H2,(H,18,21)(H,20,22)(H,23,24). The maximum Gasteiger partial charge on any atom is 0.335 e. The normalized spacial score (nSPS) is 10.0. The van der Waals surface area contributed by atoms with E-state index in [4.69, 9.17) is 5.11 Å². The van der Waals surface area contributed by atoms with Crippen LogP contribution in [0.15, 0.2) is 42.6 Å². The van der Waals surface area contributed by atoms with E-state index in [1.165, 1.54) is 18.3 Å². The summed E-state index contributed by atoms with van der Waals surface area (Å²) < 4.78 is 0. The molecule has 0 bridgehead atoms. The molecule has 2 rings (SSSR count). The van der Waals surface area contributed by atoms with Gasteiger partial charge in [0.15, 0.2) is 0 Å². The Labute approximate surface area is 138 Å². The first-order valence-corrected chi connectivity index (χ1v) is 7.32. The smallest absolute Gasteiger partial charge is 0.335 e. The van der Waals surface area contributed by atoms with Crippen LogP contribution in [0.4, 0.5) is 0 Å². The van der Waals surface area contributed by atoms with Crippen molar-refractivity contribution in [1.29, 1.82) is 0 Å². The number of carboxylic acids is 1. The summed E-state index contributed by atoms with van der Waals surface area (Å²) in [6, 6.07) is 9.85. The first kappa shape index (κ1) is 17.1. The van der Waals surface area contributed by atoms with Gasteiger partial charge in [-0.15, -0.1) is 0 Å². The van der Waals surface area contributed by atoms with Crippen molar-refractivity contribution < 1.29 is 19.5 Å². The third-order valence-electron chi connectivity index (χ3n) is 3.35. The molecule has 0 spiro atoms. The molecular formula is C17H17N3O4. The Morgan fingerprint density at radius 1 is 1.12 bits per heavy atom. The lowest BCUT2D eigenvalue weighted by Crippen LogP contribution is -2.26. The Bertz CT molecular complexity index is 729. The van der Waals surface area contributed by atoms with Gasteiger partial charge in [-0.05, 0) is 41.8 Å². The van der Waals surface area contributed by atoms with Gasteiger partial charge in [-0.1, -0.05) is 12.1 Å². The summed E-state index contributed by atoms with van der Waals surface area (Å²) in [6.07, 6.45) is 2.69. The number of hydrogen-bond donors (Lipinski definition) is 3. The fourth-order valence-corrected chi connectivity index (χ4v) is 2.09. The summed E-state index contributed by atoms with van der Waals surface area (Å²) >= 11 is 0. The van der Waals surface area contributed by atoms with Gasteiger partial charge in [0.25, 0.3) is 5.91 Å². The minimum Gasteiger partial charge on any atom is -0.478 e. The van der Waals surface area contributed by atoms with Crippen molar-refractivity contribution in [3.8, 4) is 0 Å². The number of hydrogen-bond acceptors (Lipinski definition) is 4. The van der Waals surface area contributed by atoms with E-state index >= 15 is 0 Å². The van der Waals surface area contributed by atoms with E-state index in [0.29, 0.717) is 25.9 Å². The maximum absolute atomic E-state index is 12.1. The summed E-state index contributed by atoms with van der Waals surface area (Å²) in [6.45, 7) is 0.742. The number of nitrogens with one attached hydrogen (secondary N) is 2. The Morgan fingerprint density at radius 2 is 1.88 bits per heavy atom. The predicted octanol–water partition coefficient (Wildman–Crippen LogP) is 0.998. The average Bonchev–Trinajstić information content (AvgIpc) is 2.60. The second kappa shape index (κ2) is 8.42. The molecule has 0 saturated heterocycles. The summed E-state index contributed by atoms with van der Waals surface area (Å²) in [5.74, 6) is -1.27. The Balaban J connectivity index is 1.86. The molecule has 0 aliphatic rings. The van der Waals surface area contributed by atoms with Gasteiger partial charge in [0.1, 0.15) is 5.69 Å². The number of amides is 2. The minimum atomic E-state index is -0.968. The van der Waals surface area contributed by atoms with E-state index in [0.717, 1.165) is 11.1 Å². The molecule has 24 heavy (non-hydrogen) atoms. The lowest BCUT2D eigenvalue weighted by molar-refractivity contribution is -0.109. The topological polar surface area (TPSA) is 108 Å². The average molecular weight is 327 g/mol. The molecule has 0 atom stereocenters. The molecule has 0 saturated carbocycles. The van der Waals surface area contributed by atoms with E-state index < -0.39 is 5.97 Å². The Morgan fingerprint density at radius 3 is 2.54 bits per heavy atom. The lowest BCUT2D eigenvalue weighted by atomic mass is 10.1. The van der Waals surface area contributed by atoms with Crippen molar-refractivity contribution in [3.05, 3.63) is 65.0 Å². The molecule has 0 radical (unpaired) electrons. The van der Waals surface area contributed by atoms with Crippen molar-refractivity contribution in [3.63, 3.8) is 0 Å². The van der Waals surface area contributed by atoms with Crippen molar-refractivity contribution >= 4 is 18.3 Å². The number of pyridine rings is 1. The molecule has 7 heteroatoms. The Kier molecular flexibility index (Phi) is 6.01. The molecule has 1 heterocycles. The predicted molar refractivity (Wildman–Crippen MR) is 86.6 cm³/mol. The largest absolute Gasteiger partial charge is 0.478 e. The third kappa shape index (κ3) is 4.91. The molecule has 1 aromatic carbocycles. The fourth-order valence-electron chi connectivity index (χ4n) is 2.09. The maximum atomic E-state index is 12.1. The van der Waals surface area contributed by atoms with Crippen molar-refractivity contribution in [2.75, 3.05) is 6.54 Å². The van der Waals surface area contributed by atoms with E-state index in [1.807, 2.05) is 0 Å². The minimum absolute atomic E-state index is 0.229. The highest BCUT2D eigenvalue weighted by Crippen LogP contribution is 2.05. The first-order valence-electron chi connectivity index (χ1n) is 7.32. The molecular weight excluding hydrogens is 310 g/mol. The summed E-state index contributed by atoms with van der Waals surface area (Å²) in [5.41, 5.74) is 2.22. The molecule has 0 aliphatic heterocycles. The summed E-state index contributed by atoms with van der Waals surface area (Å²) in [4.78, 5) is 37.1. The number of aromatic carboxylic acids is 1. The van der Waals surface area contributed by atoms with Gasteiger partial charge in [0.05, 0.1) is 5.56 Å². The first-order chi connectivity index (χ1) is 11.6. The number of carbonyl (C=O) groups excluding carboxylic acids is 2. The summed E-state index contributed by atoms with van der Waals surface area (Å²) in [7, 11) is 0. The molecule has 7 nitrogen and oxygen atoms in total.